The average molecular weight is 376 g/mol. The van der Waals surface area contributed by atoms with Crippen molar-refractivity contribution >= 4 is 10.9 Å². The van der Waals surface area contributed by atoms with Gasteiger partial charge < -0.3 is 4.98 Å². The molecule has 1 aliphatic heterocycles. The van der Waals surface area contributed by atoms with E-state index < -0.39 is 0 Å². The fourth-order valence-electron chi connectivity index (χ4n) is 4.12. The highest BCUT2D eigenvalue weighted by molar-refractivity contribution is 5.83. The summed E-state index contributed by atoms with van der Waals surface area (Å²) < 4.78 is 0. The quantitative estimate of drug-likeness (QED) is 0.754. The first-order chi connectivity index (χ1) is 13.5. The number of aryl methyl sites for hydroxylation is 3. The topological polar surface area (TPSA) is 39.3 Å². The van der Waals surface area contributed by atoms with E-state index in [1.165, 1.54) is 16.7 Å². The first-order valence-corrected chi connectivity index (χ1v) is 10.1. The molecular formula is C24H29N3O. The fraction of sp³-hybridized carbons (Fsp3) is 0.375. The molecule has 2 heterocycles. The number of piperazine rings is 1. The van der Waals surface area contributed by atoms with Crippen LogP contribution < -0.4 is 5.43 Å². The van der Waals surface area contributed by atoms with Crippen molar-refractivity contribution in [3.63, 3.8) is 0 Å². The second-order valence-corrected chi connectivity index (χ2v) is 8.03. The molecule has 4 nitrogen and oxygen atoms in total. The Morgan fingerprint density at radius 2 is 1.50 bits per heavy atom. The number of aromatic amines is 1. The Morgan fingerprint density at radius 3 is 2.18 bits per heavy atom. The zero-order valence-corrected chi connectivity index (χ0v) is 17.1. The lowest BCUT2D eigenvalue weighted by Gasteiger charge is -2.34. The molecule has 1 fully saturated rings. The van der Waals surface area contributed by atoms with E-state index >= 15 is 0 Å². The maximum absolute atomic E-state index is 13.1. The molecule has 0 atom stereocenters. The lowest BCUT2D eigenvalue weighted by atomic mass is 10.0. The first kappa shape index (κ1) is 18.9. The van der Waals surface area contributed by atoms with Crippen molar-refractivity contribution in [2.75, 3.05) is 26.2 Å². The summed E-state index contributed by atoms with van der Waals surface area (Å²) in [7, 11) is 0. The van der Waals surface area contributed by atoms with Crippen molar-refractivity contribution in [1.29, 1.82) is 0 Å². The van der Waals surface area contributed by atoms with Crippen LogP contribution in [0.5, 0.6) is 0 Å². The summed E-state index contributed by atoms with van der Waals surface area (Å²) in [6, 6.07) is 14.7. The Morgan fingerprint density at radius 1 is 0.857 bits per heavy atom. The average Bonchev–Trinajstić information content (AvgIpc) is 2.70. The van der Waals surface area contributed by atoms with Crippen LogP contribution in [0.4, 0.5) is 0 Å². The summed E-state index contributed by atoms with van der Waals surface area (Å²) in [5.41, 5.74) is 6.82. The maximum Gasteiger partial charge on any atom is 0.194 e. The van der Waals surface area contributed by atoms with Crippen molar-refractivity contribution in [2.24, 2.45) is 0 Å². The molecule has 4 rings (SSSR count). The molecule has 3 aromatic rings. The summed E-state index contributed by atoms with van der Waals surface area (Å²) in [6.45, 7) is 12.0. The van der Waals surface area contributed by atoms with Gasteiger partial charge in [0.2, 0.25) is 0 Å². The van der Waals surface area contributed by atoms with E-state index in [-0.39, 0.29) is 5.43 Å². The van der Waals surface area contributed by atoms with Gasteiger partial charge in [0.25, 0.3) is 0 Å². The van der Waals surface area contributed by atoms with Gasteiger partial charge >= 0.3 is 0 Å². The van der Waals surface area contributed by atoms with Crippen molar-refractivity contribution in [3.05, 3.63) is 80.6 Å². The number of hydrogen-bond acceptors (Lipinski definition) is 3. The third-order valence-corrected chi connectivity index (χ3v) is 6.12. The Kier molecular flexibility index (Phi) is 5.33. The van der Waals surface area contributed by atoms with Crippen molar-refractivity contribution in [1.82, 2.24) is 14.8 Å². The van der Waals surface area contributed by atoms with Crippen LogP contribution in [-0.4, -0.2) is 41.0 Å². The highest BCUT2D eigenvalue weighted by Gasteiger charge is 2.20. The molecule has 0 unspecified atom stereocenters. The molecule has 2 aromatic carbocycles. The number of pyridine rings is 1. The third-order valence-electron chi connectivity index (χ3n) is 6.12. The molecule has 146 valence electrons. The largest absolute Gasteiger partial charge is 0.358 e. The minimum atomic E-state index is 0.182. The number of benzene rings is 2. The number of nitrogens with one attached hydrogen (secondary N) is 1. The Bertz CT molecular complexity index is 1030. The predicted octanol–water partition coefficient (Wildman–Crippen LogP) is 3.77. The predicted molar refractivity (Wildman–Crippen MR) is 116 cm³/mol. The van der Waals surface area contributed by atoms with Gasteiger partial charge in [-0.3, -0.25) is 14.6 Å². The number of nitrogens with zero attached hydrogens (tertiary/aromatic N) is 2. The summed E-state index contributed by atoms with van der Waals surface area (Å²) in [6.07, 6.45) is 0. The van der Waals surface area contributed by atoms with Crippen LogP contribution in [0, 0.1) is 20.8 Å². The van der Waals surface area contributed by atoms with Gasteiger partial charge in [-0.25, -0.2) is 0 Å². The van der Waals surface area contributed by atoms with E-state index in [4.69, 9.17) is 0 Å². The number of H-pyrrole nitrogens is 1. The number of hydrogen-bond donors (Lipinski definition) is 1. The van der Waals surface area contributed by atoms with Crippen molar-refractivity contribution in [3.8, 4) is 0 Å². The molecule has 0 saturated carbocycles. The van der Waals surface area contributed by atoms with E-state index in [1.54, 1.807) is 0 Å². The molecule has 0 radical (unpaired) electrons. The maximum atomic E-state index is 13.1. The molecule has 0 amide bonds. The van der Waals surface area contributed by atoms with Gasteiger partial charge in [-0.15, -0.1) is 0 Å². The summed E-state index contributed by atoms with van der Waals surface area (Å²) >= 11 is 0. The van der Waals surface area contributed by atoms with Crippen LogP contribution in [0.1, 0.15) is 27.9 Å². The van der Waals surface area contributed by atoms with Crippen LogP contribution in [0.15, 0.2) is 47.3 Å². The molecule has 1 aromatic heterocycles. The zero-order chi connectivity index (χ0) is 19.7. The van der Waals surface area contributed by atoms with Crippen LogP contribution in [0.2, 0.25) is 0 Å². The van der Waals surface area contributed by atoms with E-state index in [0.717, 1.165) is 61.4 Å². The molecule has 0 bridgehead atoms. The minimum absolute atomic E-state index is 0.182. The Hall–Kier alpha value is -2.43. The van der Waals surface area contributed by atoms with Crippen molar-refractivity contribution < 1.29 is 0 Å². The Labute approximate surface area is 166 Å². The number of rotatable bonds is 4. The SMILES string of the molecule is Cc1ccc2c(=O)c(CN3CCN(Cc4ccccc4)CC3)c(C)[nH]c2c1C. The molecule has 4 heteroatoms. The summed E-state index contributed by atoms with van der Waals surface area (Å²) in [4.78, 5) is 21.5. The summed E-state index contributed by atoms with van der Waals surface area (Å²) in [5.74, 6) is 0. The van der Waals surface area contributed by atoms with Gasteiger partial charge in [0.05, 0.1) is 5.52 Å². The van der Waals surface area contributed by atoms with Gasteiger partial charge in [0, 0.05) is 55.9 Å². The third kappa shape index (κ3) is 3.75. The Balaban J connectivity index is 1.47. The molecule has 1 aliphatic rings. The zero-order valence-electron chi connectivity index (χ0n) is 17.1. The highest BCUT2D eigenvalue weighted by Crippen LogP contribution is 2.20. The van der Waals surface area contributed by atoms with Gasteiger partial charge in [-0.2, -0.15) is 0 Å². The van der Waals surface area contributed by atoms with Gasteiger partial charge in [0.15, 0.2) is 5.43 Å². The minimum Gasteiger partial charge on any atom is -0.358 e. The van der Waals surface area contributed by atoms with Gasteiger partial charge in [-0.1, -0.05) is 36.4 Å². The van der Waals surface area contributed by atoms with Crippen LogP contribution in [-0.2, 0) is 13.1 Å². The van der Waals surface area contributed by atoms with E-state index in [9.17, 15) is 4.79 Å². The first-order valence-electron chi connectivity index (χ1n) is 10.1. The van der Waals surface area contributed by atoms with Crippen LogP contribution >= 0.6 is 0 Å². The van der Waals surface area contributed by atoms with Crippen LogP contribution in [0.25, 0.3) is 10.9 Å². The molecule has 0 aliphatic carbocycles. The standard InChI is InChI=1S/C24H29N3O/c1-17-9-10-21-23(18(17)2)25-19(3)22(24(21)28)16-27-13-11-26(12-14-27)15-20-7-5-4-6-8-20/h4-10H,11-16H2,1-3H3,(H,25,28). The molecule has 28 heavy (non-hydrogen) atoms. The second-order valence-electron chi connectivity index (χ2n) is 8.03. The highest BCUT2D eigenvalue weighted by atomic mass is 16.1. The molecule has 0 spiro atoms. The number of fused-ring (bicyclic) bond motifs is 1. The summed E-state index contributed by atoms with van der Waals surface area (Å²) in [5, 5.41) is 0.811. The monoisotopic (exact) mass is 375 g/mol. The van der Waals surface area contributed by atoms with E-state index in [0.29, 0.717) is 0 Å². The fourth-order valence-corrected chi connectivity index (χ4v) is 4.12. The molecule has 1 saturated heterocycles. The lowest BCUT2D eigenvalue weighted by Crippen LogP contribution is -2.46. The smallest absolute Gasteiger partial charge is 0.194 e. The van der Waals surface area contributed by atoms with Crippen LogP contribution in [0.3, 0.4) is 0 Å². The van der Waals surface area contributed by atoms with Gasteiger partial charge in [0.1, 0.15) is 0 Å². The molecular weight excluding hydrogens is 346 g/mol. The van der Waals surface area contributed by atoms with Gasteiger partial charge in [-0.05, 0) is 43.5 Å². The van der Waals surface area contributed by atoms with E-state index in [1.807, 2.05) is 19.1 Å². The number of aromatic nitrogens is 1. The van der Waals surface area contributed by atoms with E-state index in [2.05, 4.69) is 59.0 Å². The normalized spacial score (nSPS) is 16.0. The second kappa shape index (κ2) is 7.90. The lowest BCUT2D eigenvalue weighted by molar-refractivity contribution is 0.121. The molecule has 1 N–H and O–H groups in total. The van der Waals surface area contributed by atoms with Crippen molar-refractivity contribution in [2.45, 2.75) is 33.9 Å².